The van der Waals surface area contributed by atoms with Gasteiger partial charge in [-0.2, -0.15) is 0 Å². The highest BCUT2D eigenvalue weighted by Gasteiger charge is 2.26. The number of hydrogen-bond acceptors (Lipinski definition) is 6. The van der Waals surface area contributed by atoms with E-state index in [4.69, 9.17) is 29.9 Å². The lowest BCUT2D eigenvalue weighted by atomic mass is 9.96. The van der Waals surface area contributed by atoms with Crippen LogP contribution in [0.3, 0.4) is 0 Å². The quantitative estimate of drug-likeness (QED) is 0.204. The molecule has 7 aromatic rings. The summed E-state index contributed by atoms with van der Waals surface area (Å²) in [6, 6.07) is 34.0. The molecule has 9 heterocycles. The SMILES string of the molecule is C1=Cc2cc3[nH]c(c(-c4ccccn4)c4nc(cc5ccc(cc1n2)[nH]5)C=C4c1ccccn1)c(-c1ccccn1)c3-c1ccccn1. The predicted octanol–water partition coefficient (Wildman–Crippen LogP) is 8.66. The van der Waals surface area contributed by atoms with Gasteiger partial charge in [0.2, 0.25) is 0 Å². The molecule has 0 saturated heterocycles. The maximum absolute atomic E-state index is 5.31. The lowest BCUT2D eigenvalue weighted by Gasteiger charge is -2.10. The summed E-state index contributed by atoms with van der Waals surface area (Å²) in [6.07, 6.45) is 13.4. The molecule has 0 amide bonds. The Balaban J connectivity index is 1.54. The predicted molar refractivity (Wildman–Crippen MR) is 191 cm³/mol. The van der Waals surface area contributed by atoms with E-state index in [1.807, 2.05) is 122 Å². The van der Waals surface area contributed by atoms with E-state index < -0.39 is 0 Å². The second-order valence-corrected chi connectivity index (χ2v) is 11.4. The van der Waals surface area contributed by atoms with Crippen molar-refractivity contribution in [1.82, 2.24) is 39.9 Å². The van der Waals surface area contributed by atoms with Gasteiger partial charge in [-0.1, -0.05) is 24.3 Å². The molecule has 48 heavy (non-hydrogen) atoms. The molecule has 8 bridgehead atoms. The Morgan fingerprint density at radius 3 is 1.58 bits per heavy atom. The van der Waals surface area contributed by atoms with Crippen LogP contribution >= 0.6 is 0 Å². The summed E-state index contributed by atoms with van der Waals surface area (Å²) in [5, 5.41) is 0. The van der Waals surface area contributed by atoms with E-state index in [2.05, 4.69) is 22.1 Å². The molecule has 0 spiro atoms. The first-order valence-electron chi connectivity index (χ1n) is 15.6. The molecule has 226 valence electrons. The lowest BCUT2D eigenvalue weighted by Crippen LogP contribution is -1.96. The fraction of sp³-hybridized carbons (Fsp3) is 0. The molecule has 0 unspecified atom stereocenters. The van der Waals surface area contributed by atoms with Crippen LogP contribution in [-0.2, 0) is 0 Å². The molecule has 2 aliphatic heterocycles. The smallest absolute Gasteiger partial charge is 0.0847 e. The van der Waals surface area contributed by atoms with Gasteiger partial charge in [-0.05, 0) is 97.1 Å². The molecular weight excluding hydrogens is 592 g/mol. The first kappa shape index (κ1) is 27.5. The highest BCUT2D eigenvalue weighted by molar-refractivity contribution is 6.09. The van der Waals surface area contributed by atoms with E-state index in [0.717, 1.165) is 89.9 Å². The van der Waals surface area contributed by atoms with E-state index in [9.17, 15) is 0 Å². The first-order valence-corrected chi connectivity index (χ1v) is 15.6. The summed E-state index contributed by atoms with van der Waals surface area (Å²) in [5.41, 5.74) is 13.4. The lowest BCUT2D eigenvalue weighted by molar-refractivity contribution is 1.24. The largest absolute Gasteiger partial charge is 0.355 e. The summed E-state index contributed by atoms with van der Waals surface area (Å²) >= 11 is 0. The van der Waals surface area contributed by atoms with Crippen LogP contribution in [0.15, 0.2) is 128 Å². The van der Waals surface area contributed by atoms with Crippen LogP contribution in [0, 0.1) is 0 Å². The standard InChI is InChI=1S/C40H26N8/c1-5-17-41-31(9-1)30-23-29-22-27-14-13-25(45-27)21-26-15-16-28(46-26)24-35-36(32-10-2-6-18-42-32)37(33-11-3-7-19-43-33)40(48-35)38(39(30)47-29)34-12-4-8-20-44-34/h1-24,45,48H. The van der Waals surface area contributed by atoms with Gasteiger partial charge in [0.15, 0.2) is 0 Å². The van der Waals surface area contributed by atoms with Crippen LogP contribution in [0.25, 0.3) is 79.6 Å². The van der Waals surface area contributed by atoms with Gasteiger partial charge in [-0.15, -0.1) is 0 Å². The number of fused-ring (bicyclic) bond motifs is 8. The average molecular weight is 619 g/mol. The zero-order valence-corrected chi connectivity index (χ0v) is 25.5. The number of nitrogens with zero attached hydrogens (tertiary/aromatic N) is 6. The Morgan fingerprint density at radius 1 is 0.438 bits per heavy atom. The second kappa shape index (κ2) is 11.5. The van der Waals surface area contributed by atoms with Crippen LogP contribution in [0.1, 0.15) is 28.5 Å². The van der Waals surface area contributed by atoms with Crippen molar-refractivity contribution in [1.29, 1.82) is 0 Å². The number of aromatic nitrogens is 8. The van der Waals surface area contributed by atoms with E-state index in [1.54, 1.807) is 12.4 Å². The molecule has 8 heteroatoms. The highest BCUT2D eigenvalue weighted by atomic mass is 14.8. The number of nitrogens with one attached hydrogen (secondary N) is 2. The fourth-order valence-electron chi connectivity index (χ4n) is 6.28. The van der Waals surface area contributed by atoms with Gasteiger partial charge in [0.1, 0.15) is 0 Å². The number of pyridine rings is 4. The number of hydrogen-bond donors (Lipinski definition) is 2. The van der Waals surface area contributed by atoms with E-state index >= 15 is 0 Å². The van der Waals surface area contributed by atoms with E-state index in [0.29, 0.717) is 0 Å². The Kier molecular flexibility index (Phi) is 6.61. The zero-order chi connectivity index (χ0) is 31.9. The maximum Gasteiger partial charge on any atom is 0.0847 e. The molecule has 2 N–H and O–H groups in total. The molecule has 8 nitrogen and oxygen atoms in total. The van der Waals surface area contributed by atoms with Crippen molar-refractivity contribution in [2.75, 3.05) is 0 Å². The third kappa shape index (κ3) is 4.98. The van der Waals surface area contributed by atoms with E-state index in [-0.39, 0.29) is 0 Å². The Labute approximate surface area is 275 Å². The van der Waals surface area contributed by atoms with Gasteiger partial charge >= 0.3 is 0 Å². The molecule has 2 aliphatic rings. The van der Waals surface area contributed by atoms with Gasteiger partial charge in [-0.3, -0.25) is 19.9 Å². The average Bonchev–Trinajstić information content (AvgIpc) is 3.94. The van der Waals surface area contributed by atoms with Crippen molar-refractivity contribution in [2.45, 2.75) is 0 Å². The minimum absolute atomic E-state index is 0.746. The van der Waals surface area contributed by atoms with Crippen LogP contribution in [0.4, 0.5) is 0 Å². The van der Waals surface area contributed by atoms with Gasteiger partial charge in [0.25, 0.3) is 0 Å². The minimum Gasteiger partial charge on any atom is -0.355 e. The van der Waals surface area contributed by atoms with Crippen molar-refractivity contribution in [3.63, 3.8) is 0 Å². The molecule has 0 aromatic carbocycles. The Bertz CT molecular complexity index is 2530. The summed E-state index contributed by atoms with van der Waals surface area (Å²) in [4.78, 5) is 36.9. The topological polar surface area (TPSA) is 109 Å². The van der Waals surface area contributed by atoms with Crippen molar-refractivity contribution < 1.29 is 0 Å². The van der Waals surface area contributed by atoms with Gasteiger partial charge < -0.3 is 9.97 Å². The van der Waals surface area contributed by atoms with Gasteiger partial charge in [0, 0.05) is 52.5 Å². The first-order chi connectivity index (χ1) is 23.8. The summed E-state index contributed by atoms with van der Waals surface area (Å²) in [6.45, 7) is 0. The molecular formula is C40H26N8. The zero-order valence-electron chi connectivity index (χ0n) is 25.5. The van der Waals surface area contributed by atoms with Gasteiger partial charge in [0.05, 0.1) is 62.1 Å². The van der Waals surface area contributed by atoms with Crippen LogP contribution < -0.4 is 0 Å². The third-order valence-corrected chi connectivity index (χ3v) is 8.32. The monoisotopic (exact) mass is 618 g/mol. The molecule has 0 atom stereocenters. The van der Waals surface area contributed by atoms with Crippen molar-refractivity contribution >= 4 is 45.9 Å². The van der Waals surface area contributed by atoms with Crippen molar-refractivity contribution in [2.24, 2.45) is 0 Å². The molecule has 9 rings (SSSR count). The van der Waals surface area contributed by atoms with Gasteiger partial charge in [-0.25, -0.2) is 9.97 Å². The molecule has 0 saturated carbocycles. The molecule has 0 fully saturated rings. The fourth-order valence-corrected chi connectivity index (χ4v) is 6.28. The van der Waals surface area contributed by atoms with Crippen molar-refractivity contribution in [3.05, 3.63) is 156 Å². The minimum atomic E-state index is 0.746. The molecule has 0 aliphatic carbocycles. The Morgan fingerprint density at radius 2 is 0.979 bits per heavy atom. The van der Waals surface area contributed by atoms with Crippen molar-refractivity contribution in [3.8, 4) is 33.8 Å². The van der Waals surface area contributed by atoms with Crippen LogP contribution in [0.5, 0.6) is 0 Å². The number of aromatic amines is 2. The maximum atomic E-state index is 5.31. The third-order valence-electron chi connectivity index (χ3n) is 8.32. The van der Waals surface area contributed by atoms with Crippen LogP contribution in [-0.4, -0.2) is 39.9 Å². The Hall–Kier alpha value is -6.80. The summed E-state index contributed by atoms with van der Waals surface area (Å²) in [7, 11) is 0. The summed E-state index contributed by atoms with van der Waals surface area (Å²) in [5.74, 6) is 0. The van der Waals surface area contributed by atoms with Crippen LogP contribution in [0.2, 0.25) is 0 Å². The number of H-pyrrole nitrogens is 2. The normalized spacial score (nSPS) is 12.2. The number of rotatable bonds is 4. The molecule has 0 radical (unpaired) electrons. The van der Waals surface area contributed by atoms with E-state index in [1.165, 1.54) is 0 Å². The second-order valence-electron chi connectivity index (χ2n) is 11.4. The summed E-state index contributed by atoms with van der Waals surface area (Å²) < 4.78 is 0. The molecule has 7 aromatic heterocycles. The highest BCUT2D eigenvalue weighted by Crippen LogP contribution is 2.44.